The number of ether oxygens (including phenoxy) is 3. The Bertz CT molecular complexity index is 872. The molecule has 0 aliphatic carbocycles. The minimum absolute atomic E-state index is 0.160. The first kappa shape index (κ1) is 26.4. The van der Waals surface area contributed by atoms with Crippen LogP contribution in [0.15, 0.2) is 42.5 Å². The number of hydrogen-bond donors (Lipinski definition) is 0. The molecule has 1 aliphatic rings. The van der Waals surface area contributed by atoms with Crippen LogP contribution in [0.5, 0.6) is 5.75 Å². The molecule has 2 aromatic carbocycles. The highest BCUT2D eigenvalue weighted by molar-refractivity contribution is 5.91. The maximum Gasteiger partial charge on any atom is 0.343 e. The molecule has 34 heavy (non-hydrogen) atoms. The number of esters is 1. The molecule has 0 N–H and O–H groups in total. The van der Waals surface area contributed by atoms with E-state index in [9.17, 15) is 9.18 Å². The van der Waals surface area contributed by atoms with E-state index in [1.807, 2.05) is 12.1 Å². The van der Waals surface area contributed by atoms with Crippen LogP contribution < -0.4 is 4.74 Å². The van der Waals surface area contributed by atoms with E-state index in [0.29, 0.717) is 30.4 Å². The Balaban J connectivity index is 1.46. The van der Waals surface area contributed by atoms with Crippen LogP contribution in [0, 0.1) is 11.7 Å². The van der Waals surface area contributed by atoms with Gasteiger partial charge in [-0.05, 0) is 49.1 Å². The van der Waals surface area contributed by atoms with E-state index < -0.39 is 18.1 Å². The smallest absolute Gasteiger partial charge is 0.343 e. The zero-order valence-corrected chi connectivity index (χ0v) is 20.7. The molecule has 3 rings (SSSR count). The Morgan fingerprint density at radius 3 is 2.26 bits per heavy atom. The van der Waals surface area contributed by atoms with Crippen molar-refractivity contribution in [3.8, 4) is 5.75 Å². The first-order valence-electron chi connectivity index (χ1n) is 12.9. The van der Waals surface area contributed by atoms with E-state index in [-0.39, 0.29) is 5.56 Å². The molecule has 0 aromatic heterocycles. The van der Waals surface area contributed by atoms with Crippen molar-refractivity contribution in [2.24, 2.45) is 5.92 Å². The van der Waals surface area contributed by atoms with Crippen molar-refractivity contribution in [1.82, 2.24) is 0 Å². The third-order valence-corrected chi connectivity index (χ3v) is 6.38. The molecule has 0 unspecified atom stereocenters. The van der Waals surface area contributed by atoms with E-state index in [1.54, 1.807) is 24.3 Å². The summed E-state index contributed by atoms with van der Waals surface area (Å²) in [6.07, 6.45) is 11.2. The van der Waals surface area contributed by atoms with Crippen molar-refractivity contribution in [2.75, 3.05) is 13.2 Å². The summed E-state index contributed by atoms with van der Waals surface area (Å²) >= 11 is 0. The summed E-state index contributed by atoms with van der Waals surface area (Å²) in [6.45, 7) is 5.51. The molecular weight excluding hydrogens is 431 g/mol. The number of aryl methyl sites for hydroxylation is 1. The molecule has 0 saturated carbocycles. The van der Waals surface area contributed by atoms with Crippen LogP contribution in [0.4, 0.5) is 4.39 Å². The van der Waals surface area contributed by atoms with Gasteiger partial charge in [0.05, 0.1) is 18.8 Å². The molecule has 2 aromatic rings. The summed E-state index contributed by atoms with van der Waals surface area (Å²) in [5.74, 6) is -0.307. The van der Waals surface area contributed by atoms with Gasteiger partial charge in [0.2, 0.25) is 0 Å². The summed E-state index contributed by atoms with van der Waals surface area (Å²) in [5.41, 5.74) is 1.68. The Morgan fingerprint density at radius 2 is 1.59 bits per heavy atom. The number of hydrogen-bond acceptors (Lipinski definition) is 4. The molecule has 0 atom stereocenters. The molecule has 0 amide bonds. The molecular formula is C29H39FO4. The van der Waals surface area contributed by atoms with Crippen molar-refractivity contribution in [1.29, 1.82) is 0 Å². The molecule has 186 valence electrons. The predicted octanol–water partition coefficient (Wildman–Crippen LogP) is 7.80. The van der Waals surface area contributed by atoms with Gasteiger partial charge < -0.3 is 14.2 Å². The zero-order chi connectivity index (χ0) is 24.2. The lowest BCUT2D eigenvalue weighted by Crippen LogP contribution is -2.27. The van der Waals surface area contributed by atoms with Crippen LogP contribution in [0.3, 0.4) is 0 Å². The van der Waals surface area contributed by atoms with Gasteiger partial charge in [-0.25, -0.2) is 9.18 Å². The average Bonchev–Trinajstić information content (AvgIpc) is 2.86. The van der Waals surface area contributed by atoms with Crippen molar-refractivity contribution in [2.45, 2.75) is 84.3 Å². The van der Waals surface area contributed by atoms with E-state index in [2.05, 4.69) is 13.8 Å². The monoisotopic (exact) mass is 470 g/mol. The molecule has 0 spiro atoms. The standard InChI is InChI=1S/C29H39FO4/c1-3-5-7-8-9-10-12-23-20-32-29(33-21-23)26-18-15-24(19-27(26)30)28(31)34-25-16-13-22(14-17-25)11-6-4-2/h13-19,23,29H,3-12,20-21H2,1-2H3. The minimum atomic E-state index is -0.735. The quantitative estimate of drug-likeness (QED) is 0.170. The largest absolute Gasteiger partial charge is 0.423 e. The first-order valence-corrected chi connectivity index (χ1v) is 12.9. The average molecular weight is 471 g/mol. The molecule has 0 bridgehead atoms. The van der Waals surface area contributed by atoms with Gasteiger partial charge in [-0.3, -0.25) is 0 Å². The lowest BCUT2D eigenvalue weighted by atomic mass is 10.0. The lowest BCUT2D eigenvalue weighted by molar-refractivity contribution is -0.207. The topological polar surface area (TPSA) is 44.8 Å². The molecule has 0 radical (unpaired) electrons. The van der Waals surface area contributed by atoms with Crippen LogP contribution in [0.25, 0.3) is 0 Å². The van der Waals surface area contributed by atoms with Gasteiger partial charge in [-0.15, -0.1) is 0 Å². The first-order chi connectivity index (χ1) is 16.6. The predicted molar refractivity (Wildman–Crippen MR) is 133 cm³/mol. The van der Waals surface area contributed by atoms with Gasteiger partial charge in [0, 0.05) is 11.5 Å². The van der Waals surface area contributed by atoms with Crippen molar-refractivity contribution in [3.63, 3.8) is 0 Å². The normalized spacial score (nSPS) is 18.1. The fourth-order valence-electron chi connectivity index (χ4n) is 4.22. The summed E-state index contributed by atoms with van der Waals surface area (Å²) in [5, 5.41) is 0. The van der Waals surface area contributed by atoms with Crippen molar-refractivity contribution >= 4 is 5.97 Å². The SMILES string of the molecule is CCCCCCCCC1COC(c2ccc(C(=O)Oc3ccc(CCCC)cc3)cc2F)OC1. The second-order valence-electron chi connectivity index (χ2n) is 9.29. The lowest BCUT2D eigenvalue weighted by Gasteiger charge is -2.30. The van der Waals surface area contributed by atoms with E-state index in [1.165, 1.54) is 50.2 Å². The third-order valence-electron chi connectivity index (χ3n) is 6.38. The second-order valence-corrected chi connectivity index (χ2v) is 9.29. The highest BCUT2D eigenvalue weighted by Crippen LogP contribution is 2.29. The number of carbonyl (C=O) groups excluding carboxylic acids is 1. The summed E-state index contributed by atoms with van der Waals surface area (Å²) in [4.78, 5) is 12.5. The Morgan fingerprint density at radius 1 is 0.912 bits per heavy atom. The van der Waals surface area contributed by atoms with E-state index >= 15 is 0 Å². The number of benzene rings is 2. The van der Waals surface area contributed by atoms with Crippen molar-refractivity contribution < 1.29 is 23.4 Å². The van der Waals surface area contributed by atoms with E-state index in [0.717, 1.165) is 25.7 Å². The maximum atomic E-state index is 14.8. The maximum absolute atomic E-state index is 14.8. The van der Waals surface area contributed by atoms with Gasteiger partial charge in [-0.1, -0.05) is 77.0 Å². The third kappa shape index (κ3) is 8.21. The summed E-state index contributed by atoms with van der Waals surface area (Å²) in [6, 6.07) is 11.8. The molecule has 1 heterocycles. The van der Waals surface area contributed by atoms with Crippen LogP contribution in [0.1, 0.15) is 99.4 Å². The Hall–Kier alpha value is -2.24. The van der Waals surface area contributed by atoms with Gasteiger partial charge >= 0.3 is 5.97 Å². The molecule has 1 aliphatic heterocycles. The highest BCUT2D eigenvalue weighted by atomic mass is 19.1. The Labute approximate surface area is 203 Å². The fraction of sp³-hybridized carbons (Fsp3) is 0.552. The van der Waals surface area contributed by atoms with Crippen molar-refractivity contribution in [3.05, 3.63) is 65.0 Å². The molecule has 1 saturated heterocycles. The number of rotatable bonds is 13. The van der Waals surface area contributed by atoms with Gasteiger partial charge in [0.15, 0.2) is 6.29 Å². The molecule has 5 heteroatoms. The molecule has 1 fully saturated rings. The van der Waals surface area contributed by atoms with Crippen LogP contribution in [-0.2, 0) is 15.9 Å². The van der Waals surface area contributed by atoms with E-state index in [4.69, 9.17) is 14.2 Å². The van der Waals surface area contributed by atoms with Crippen LogP contribution in [0.2, 0.25) is 0 Å². The van der Waals surface area contributed by atoms with Crippen LogP contribution in [-0.4, -0.2) is 19.2 Å². The van der Waals surface area contributed by atoms with Gasteiger partial charge in [-0.2, -0.15) is 0 Å². The van der Waals surface area contributed by atoms with Gasteiger partial charge in [0.25, 0.3) is 0 Å². The summed E-state index contributed by atoms with van der Waals surface area (Å²) in [7, 11) is 0. The second kappa shape index (κ2) is 14.2. The number of halogens is 1. The fourth-order valence-corrected chi connectivity index (χ4v) is 4.22. The van der Waals surface area contributed by atoms with Crippen LogP contribution >= 0.6 is 0 Å². The zero-order valence-electron chi connectivity index (χ0n) is 20.7. The molecule has 4 nitrogen and oxygen atoms in total. The highest BCUT2D eigenvalue weighted by Gasteiger charge is 2.26. The minimum Gasteiger partial charge on any atom is -0.423 e. The number of carbonyl (C=O) groups is 1. The Kier molecular flexibility index (Phi) is 11.0. The summed E-state index contributed by atoms with van der Waals surface area (Å²) < 4.78 is 31.8. The number of unbranched alkanes of at least 4 members (excludes halogenated alkanes) is 6. The van der Waals surface area contributed by atoms with Gasteiger partial charge in [0.1, 0.15) is 11.6 Å².